The van der Waals surface area contributed by atoms with Crippen molar-refractivity contribution >= 4 is 17.2 Å². The van der Waals surface area contributed by atoms with E-state index in [0.717, 1.165) is 16.6 Å². The Balaban J connectivity index is 1.39. The number of amides is 1. The fraction of sp³-hybridized carbons (Fsp3) is 0.211. The van der Waals surface area contributed by atoms with Crippen molar-refractivity contribution in [3.8, 4) is 16.5 Å². The van der Waals surface area contributed by atoms with Crippen molar-refractivity contribution in [1.82, 2.24) is 14.9 Å². The second-order valence-corrected chi connectivity index (χ2v) is 7.07. The molecule has 0 atom stereocenters. The van der Waals surface area contributed by atoms with Crippen LogP contribution in [0.5, 0.6) is 5.88 Å². The summed E-state index contributed by atoms with van der Waals surface area (Å²) in [5, 5.41) is 2.42. The number of rotatable bonds is 4. The Labute approximate surface area is 162 Å². The first-order chi connectivity index (χ1) is 13.4. The van der Waals surface area contributed by atoms with Gasteiger partial charge in [0.15, 0.2) is 0 Å². The quantitative estimate of drug-likeness (QED) is 0.655. The summed E-state index contributed by atoms with van der Waals surface area (Å²) in [6.45, 7) is 0.371. The van der Waals surface area contributed by atoms with E-state index in [1.54, 1.807) is 5.38 Å². The number of halogens is 3. The van der Waals surface area contributed by atoms with Gasteiger partial charge in [-0.25, -0.2) is 9.97 Å². The van der Waals surface area contributed by atoms with Crippen molar-refractivity contribution in [2.75, 3.05) is 13.1 Å². The van der Waals surface area contributed by atoms with Crippen molar-refractivity contribution in [3.63, 3.8) is 0 Å². The van der Waals surface area contributed by atoms with Gasteiger partial charge in [-0.2, -0.15) is 13.2 Å². The molecule has 0 unspecified atom stereocenters. The van der Waals surface area contributed by atoms with Crippen LogP contribution in [0.4, 0.5) is 13.2 Å². The maximum atomic E-state index is 13.0. The number of likely N-dealkylation sites (tertiary alicyclic amines) is 1. The number of thiazole rings is 1. The molecule has 0 saturated carbocycles. The van der Waals surface area contributed by atoms with Crippen molar-refractivity contribution in [3.05, 3.63) is 65.3 Å². The molecule has 1 aliphatic rings. The van der Waals surface area contributed by atoms with Crippen LogP contribution in [0.1, 0.15) is 16.1 Å². The molecule has 3 heterocycles. The van der Waals surface area contributed by atoms with Gasteiger partial charge in [-0.15, -0.1) is 11.3 Å². The smallest absolute Gasteiger partial charge is 0.421 e. The first kappa shape index (κ1) is 18.4. The van der Waals surface area contributed by atoms with E-state index in [4.69, 9.17) is 4.74 Å². The van der Waals surface area contributed by atoms with E-state index in [1.165, 1.54) is 28.5 Å². The highest BCUT2D eigenvalue weighted by atomic mass is 32.1. The molecule has 1 amide bonds. The predicted molar refractivity (Wildman–Crippen MR) is 97.1 cm³/mol. The monoisotopic (exact) mass is 405 g/mol. The number of ether oxygens (including phenoxy) is 1. The van der Waals surface area contributed by atoms with Gasteiger partial charge in [0.2, 0.25) is 5.88 Å². The summed E-state index contributed by atoms with van der Waals surface area (Å²) < 4.78 is 44.3. The molecule has 1 saturated heterocycles. The number of hydrogen-bond acceptors (Lipinski definition) is 5. The highest BCUT2D eigenvalue weighted by molar-refractivity contribution is 7.13. The molecular formula is C19H14F3N3O2S. The lowest BCUT2D eigenvalue weighted by Gasteiger charge is -2.38. The largest absolute Gasteiger partial charge is 0.470 e. The van der Waals surface area contributed by atoms with Crippen LogP contribution < -0.4 is 4.74 Å². The van der Waals surface area contributed by atoms with Gasteiger partial charge in [-0.05, 0) is 12.1 Å². The number of carbonyl (C=O) groups excluding carboxylic acids is 1. The summed E-state index contributed by atoms with van der Waals surface area (Å²) in [5.41, 5.74) is 0.314. The van der Waals surface area contributed by atoms with E-state index in [0.29, 0.717) is 5.69 Å². The van der Waals surface area contributed by atoms with E-state index in [1.807, 2.05) is 30.3 Å². The summed E-state index contributed by atoms with van der Waals surface area (Å²) in [5.74, 6) is -0.734. The highest BCUT2D eigenvalue weighted by Crippen LogP contribution is 2.35. The number of alkyl halides is 3. The molecule has 0 N–H and O–H groups in total. The molecule has 1 fully saturated rings. The second kappa shape index (κ2) is 7.23. The highest BCUT2D eigenvalue weighted by Gasteiger charge is 2.39. The molecule has 4 rings (SSSR count). The lowest BCUT2D eigenvalue weighted by Crippen LogP contribution is -2.56. The van der Waals surface area contributed by atoms with Crippen LogP contribution >= 0.6 is 11.3 Å². The van der Waals surface area contributed by atoms with Gasteiger partial charge in [-0.1, -0.05) is 30.3 Å². The zero-order valence-corrected chi connectivity index (χ0v) is 15.2. The summed E-state index contributed by atoms with van der Waals surface area (Å²) in [7, 11) is 0. The number of carbonyl (C=O) groups is 1. The van der Waals surface area contributed by atoms with Gasteiger partial charge >= 0.3 is 6.18 Å². The molecule has 0 spiro atoms. The molecule has 0 aliphatic carbocycles. The Kier molecular flexibility index (Phi) is 4.76. The fourth-order valence-electron chi connectivity index (χ4n) is 2.78. The third-order valence-corrected chi connectivity index (χ3v) is 5.13. The van der Waals surface area contributed by atoms with Gasteiger partial charge in [0, 0.05) is 17.1 Å². The summed E-state index contributed by atoms with van der Waals surface area (Å²) in [6, 6.07) is 11.6. The van der Waals surface area contributed by atoms with E-state index in [-0.39, 0.29) is 19.0 Å². The van der Waals surface area contributed by atoms with Crippen LogP contribution in [-0.2, 0) is 6.18 Å². The van der Waals surface area contributed by atoms with E-state index in [9.17, 15) is 18.0 Å². The molecule has 0 bridgehead atoms. The number of nitrogens with zero attached hydrogens (tertiary/aromatic N) is 3. The summed E-state index contributed by atoms with van der Waals surface area (Å²) >= 11 is 1.37. The van der Waals surface area contributed by atoms with Crippen LogP contribution in [0.3, 0.4) is 0 Å². The molecule has 9 heteroatoms. The second-order valence-electron chi connectivity index (χ2n) is 6.21. The summed E-state index contributed by atoms with van der Waals surface area (Å²) in [6.07, 6.45) is -3.84. The van der Waals surface area contributed by atoms with Crippen LogP contribution in [0, 0.1) is 0 Å². The fourth-order valence-corrected chi connectivity index (χ4v) is 3.58. The molecule has 1 aliphatic heterocycles. The maximum Gasteiger partial charge on any atom is 0.421 e. The molecule has 28 heavy (non-hydrogen) atoms. The van der Waals surface area contributed by atoms with Crippen molar-refractivity contribution in [2.45, 2.75) is 12.3 Å². The topological polar surface area (TPSA) is 55.3 Å². The third kappa shape index (κ3) is 3.70. The van der Waals surface area contributed by atoms with E-state index in [2.05, 4.69) is 9.97 Å². The standard InChI is InChI=1S/C19H14F3N3O2S/c20-19(21,22)14-7-4-8-23-16(14)27-13-9-25(10-13)18(26)15-11-28-17(24-15)12-5-2-1-3-6-12/h1-8,11,13H,9-10H2. The number of pyridine rings is 1. The van der Waals surface area contributed by atoms with Crippen molar-refractivity contribution < 1.29 is 22.7 Å². The molecule has 1 aromatic carbocycles. The zero-order valence-electron chi connectivity index (χ0n) is 14.4. The zero-order chi connectivity index (χ0) is 19.7. The van der Waals surface area contributed by atoms with Gasteiger partial charge < -0.3 is 9.64 Å². The Bertz CT molecular complexity index is 985. The van der Waals surface area contributed by atoms with E-state index >= 15 is 0 Å². The Morgan fingerprint density at radius 1 is 1.14 bits per heavy atom. The molecule has 0 radical (unpaired) electrons. The molecule has 2 aromatic heterocycles. The molecule has 3 aromatic rings. The maximum absolute atomic E-state index is 13.0. The summed E-state index contributed by atoms with van der Waals surface area (Å²) in [4.78, 5) is 22.0. The van der Waals surface area contributed by atoms with E-state index < -0.39 is 23.7 Å². The van der Waals surface area contributed by atoms with Gasteiger partial charge in [0.05, 0.1) is 13.1 Å². The Morgan fingerprint density at radius 3 is 2.61 bits per heavy atom. The van der Waals surface area contributed by atoms with Crippen molar-refractivity contribution in [1.29, 1.82) is 0 Å². The number of hydrogen-bond donors (Lipinski definition) is 0. The van der Waals surface area contributed by atoms with Crippen molar-refractivity contribution in [2.24, 2.45) is 0 Å². The average Bonchev–Trinajstić information content (AvgIpc) is 3.14. The van der Waals surface area contributed by atoms with Crippen LogP contribution in [0.25, 0.3) is 10.6 Å². The van der Waals surface area contributed by atoms with Gasteiger partial charge in [-0.3, -0.25) is 4.79 Å². The third-order valence-electron chi connectivity index (χ3n) is 4.23. The normalized spacial score (nSPS) is 14.6. The van der Waals surface area contributed by atoms with Gasteiger partial charge in [0.25, 0.3) is 5.91 Å². The molecular weight excluding hydrogens is 391 g/mol. The lowest BCUT2D eigenvalue weighted by atomic mass is 10.1. The molecule has 5 nitrogen and oxygen atoms in total. The number of aromatic nitrogens is 2. The van der Waals surface area contributed by atoms with Crippen LogP contribution in [0.2, 0.25) is 0 Å². The minimum atomic E-state index is -4.54. The minimum Gasteiger partial charge on any atom is -0.470 e. The average molecular weight is 405 g/mol. The number of benzene rings is 1. The Hall–Kier alpha value is -2.94. The van der Waals surface area contributed by atoms with Gasteiger partial charge in [0.1, 0.15) is 22.4 Å². The molecule has 144 valence electrons. The predicted octanol–water partition coefficient (Wildman–Crippen LogP) is 4.13. The first-order valence-corrected chi connectivity index (χ1v) is 9.29. The first-order valence-electron chi connectivity index (χ1n) is 8.41. The van der Waals surface area contributed by atoms with Crippen LogP contribution in [0.15, 0.2) is 54.0 Å². The SMILES string of the molecule is O=C(c1csc(-c2ccccc2)n1)N1CC(Oc2ncccc2C(F)(F)F)C1. The Morgan fingerprint density at radius 2 is 1.89 bits per heavy atom. The van der Waals surface area contributed by atoms with Crippen LogP contribution in [-0.4, -0.2) is 40.0 Å². The minimum absolute atomic E-state index is 0.185. The lowest BCUT2D eigenvalue weighted by molar-refractivity contribution is -0.140.